The zero-order valence-corrected chi connectivity index (χ0v) is 17.8. The van der Waals surface area contributed by atoms with Gasteiger partial charge in [-0.15, -0.1) is 0 Å². The number of hydrogen-bond donors (Lipinski definition) is 0. The van der Waals surface area contributed by atoms with Crippen molar-refractivity contribution >= 4 is 11.9 Å². The van der Waals surface area contributed by atoms with Gasteiger partial charge in [-0.3, -0.25) is 9.69 Å². The monoisotopic (exact) mass is 411 g/mol. The minimum atomic E-state index is -0.0781. The topological polar surface area (TPSA) is 38.8 Å². The number of hydrogen-bond acceptors (Lipinski definition) is 4. The van der Waals surface area contributed by atoms with Crippen LogP contribution in [0.2, 0.25) is 0 Å². The van der Waals surface area contributed by atoms with Gasteiger partial charge in [-0.05, 0) is 48.2 Å². The molecule has 0 saturated heterocycles. The van der Waals surface area contributed by atoms with Crippen molar-refractivity contribution in [1.29, 1.82) is 0 Å². The minimum Gasteiger partial charge on any atom is -0.478 e. The number of Topliss-reactive ketones (excluding diaryl/α,β-unsaturated/α-hetero) is 1. The first-order valence-corrected chi connectivity index (χ1v) is 10.7. The van der Waals surface area contributed by atoms with Crippen LogP contribution in [0.4, 0.5) is 0 Å². The highest BCUT2D eigenvalue weighted by Gasteiger charge is 2.34. The summed E-state index contributed by atoms with van der Waals surface area (Å²) >= 11 is 0. The van der Waals surface area contributed by atoms with Gasteiger partial charge in [0, 0.05) is 12.6 Å². The SMILES string of the molecule is CCc1ccc(/C=C2\Oc3c(ccc4c3CN(C(C)c3ccccc3)CO4)C2=O)cc1. The van der Waals surface area contributed by atoms with E-state index in [1.165, 1.54) is 11.1 Å². The third-order valence-electron chi connectivity index (χ3n) is 6.16. The van der Waals surface area contributed by atoms with Gasteiger partial charge in [0.15, 0.2) is 5.76 Å². The molecule has 0 fully saturated rings. The number of ether oxygens (including phenoxy) is 2. The van der Waals surface area contributed by atoms with Crippen LogP contribution < -0.4 is 9.47 Å². The van der Waals surface area contributed by atoms with Crippen LogP contribution in [-0.2, 0) is 13.0 Å². The summed E-state index contributed by atoms with van der Waals surface area (Å²) in [4.78, 5) is 15.2. The first kappa shape index (κ1) is 19.6. The zero-order valence-electron chi connectivity index (χ0n) is 17.8. The first-order valence-electron chi connectivity index (χ1n) is 10.7. The van der Waals surface area contributed by atoms with E-state index in [9.17, 15) is 4.79 Å². The number of carbonyl (C=O) groups is 1. The van der Waals surface area contributed by atoms with Gasteiger partial charge in [-0.2, -0.15) is 0 Å². The fourth-order valence-corrected chi connectivity index (χ4v) is 4.17. The molecular weight excluding hydrogens is 386 g/mol. The zero-order chi connectivity index (χ0) is 21.4. The Hall–Kier alpha value is -3.37. The maximum absolute atomic E-state index is 13.0. The summed E-state index contributed by atoms with van der Waals surface area (Å²) in [5, 5.41) is 0. The molecule has 3 aromatic rings. The molecule has 0 aromatic heterocycles. The van der Waals surface area contributed by atoms with Gasteiger partial charge < -0.3 is 9.47 Å². The van der Waals surface area contributed by atoms with Crippen LogP contribution in [0.1, 0.15) is 52.5 Å². The van der Waals surface area contributed by atoms with Crippen LogP contribution in [0.15, 0.2) is 72.5 Å². The molecule has 0 aliphatic carbocycles. The molecule has 2 aliphatic rings. The summed E-state index contributed by atoms with van der Waals surface area (Å²) < 4.78 is 12.2. The number of allylic oxidation sites excluding steroid dienone is 1. The molecule has 1 atom stereocenters. The molecule has 156 valence electrons. The summed E-state index contributed by atoms with van der Waals surface area (Å²) in [7, 11) is 0. The molecule has 4 nitrogen and oxygen atoms in total. The standard InChI is InChI=1S/C27H25NO3/c1-3-19-9-11-20(12-10-19)15-25-26(29)22-13-14-24-23(27(22)31-25)16-28(17-30-24)18(2)21-7-5-4-6-8-21/h4-15,18H,3,16-17H2,1-2H3/b25-15-. The van der Waals surface area contributed by atoms with Crippen molar-refractivity contribution in [2.75, 3.05) is 6.73 Å². The van der Waals surface area contributed by atoms with Crippen molar-refractivity contribution in [2.45, 2.75) is 32.9 Å². The second kappa shape index (κ2) is 8.05. The number of ketones is 1. The average molecular weight is 412 g/mol. The van der Waals surface area contributed by atoms with E-state index >= 15 is 0 Å². The number of benzene rings is 3. The molecule has 3 aromatic carbocycles. The Bertz CT molecular complexity index is 1150. The van der Waals surface area contributed by atoms with Crippen LogP contribution in [0, 0.1) is 0 Å². The smallest absolute Gasteiger partial charge is 0.231 e. The summed E-state index contributed by atoms with van der Waals surface area (Å²) in [5.41, 5.74) is 4.99. The van der Waals surface area contributed by atoms with E-state index in [0.29, 0.717) is 30.3 Å². The molecule has 0 spiro atoms. The van der Waals surface area contributed by atoms with Crippen molar-refractivity contribution in [1.82, 2.24) is 4.90 Å². The van der Waals surface area contributed by atoms with Gasteiger partial charge >= 0.3 is 0 Å². The summed E-state index contributed by atoms with van der Waals surface area (Å²) in [6.07, 6.45) is 2.81. The number of rotatable bonds is 4. The highest BCUT2D eigenvalue weighted by molar-refractivity contribution is 6.15. The Morgan fingerprint density at radius 3 is 2.55 bits per heavy atom. The van der Waals surface area contributed by atoms with Gasteiger partial charge in [0.2, 0.25) is 5.78 Å². The normalized spacial score (nSPS) is 17.6. The summed E-state index contributed by atoms with van der Waals surface area (Å²) in [6, 6.07) is 22.5. The Morgan fingerprint density at radius 2 is 1.81 bits per heavy atom. The first-order chi connectivity index (χ1) is 15.1. The predicted molar refractivity (Wildman–Crippen MR) is 121 cm³/mol. The highest BCUT2D eigenvalue weighted by Crippen LogP contribution is 2.43. The lowest BCUT2D eigenvalue weighted by molar-refractivity contribution is 0.0606. The predicted octanol–water partition coefficient (Wildman–Crippen LogP) is 5.78. The molecule has 5 rings (SSSR count). The van der Waals surface area contributed by atoms with Crippen molar-refractivity contribution < 1.29 is 14.3 Å². The molecule has 31 heavy (non-hydrogen) atoms. The van der Waals surface area contributed by atoms with Crippen LogP contribution in [-0.4, -0.2) is 17.4 Å². The Kier molecular flexibility index (Phi) is 5.08. The quantitative estimate of drug-likeness (QED) is 0.510. The molecular formula is C27H25NO3. The second-order valence-corrected chi connectivity index (χ2v) is 8.06. The van der Waals surface area contributed by atoms with Crippen molar-refractivity contribution in [3.8, 4) is 11.5 Å². The van der Waals surface area contributed by atoms with E-state index in [2.05, 4.69) is 43.0 Å². The second-order valence-electron chi connectivity index (χ2n) is 8.06. The van der Waals surface area contributed by atoms with E-state index in [1.54, 1.807) is 0 Å². The molecule has 4 heteroatoms. The van der Waals surface area contributed by atoms with Crippen LogP contribution in [0.25, 0.3) is 6.08 Å². The Labute approximate surface area is 182 Å². The molecule has 0 N–H and O–H groups in total. The van der Waals surface area contributed by atoms with Gasteiger partial charge in [0.1, 0.15) is 18.2 Å². The van der Waals surface area contributed by atoms with Crippen LogP contribution in [0.3, 0.4) is 0 Å². The van der Waals surface area contributed by atoms with Crippen LogP contribution >= 0.6 is 0 Å². The lowest BCUT2D eigenvalue weighted by Crippen LogP contribution is -2.34. The Balaban J connectivity index is 1.43. The summed E-state index contributed by atoms with van der Waals surface area (Å²) in [6.45, 7) is 5.47. The van der Waals surface area contributed by atoms with E-state index in [-0.39, 0.29) is 11.8 Å². The van der Waals surface area contributed by atoms with E-state index < -0.39 is 0 Å². The average Bonchev–Trinajstić information content (AvgIpc) is 3.15. The van der Waals surface area contributed by atoms with Gasteiger partial charge in [-0.1, -0.05) is 61.5 Å². The molecule has 0 saturated carbocycles. The highest BCUT2D eigenvalue weighted by atomic mass is 16.5. The molecule has 2 aliphatic heterocycles. The lowest BCUT2D eigenvalue weighted by Gasteiger charge is -2.34. The Morgan fingerprint density at radius 1 is 1.03 bits per heavy atom. The third kappa shape index (κ3) is 3.64. The van der Waals surface area contributed by atoms with Gasteiger partial charge in [0.05, 0.1) is 11.1 Å². The molecule has 0 radical (unpaired) electrons. The van der Waals surface area contributed by atoms with Crippen molar-refractivity contribution in [3.63, 3.8) is 0 Å². The van der Waals surface area contributed by atoms with E-state index in [1.807, 2.05) is 48.5 Å². The number of carbonyl (C=O) groups excluding carboxylic acids is 1. The van der Waals surface area contributed by atoms with Gasteiger partial charge in [-0.25, -0.2) is 0 Å². The molecule has 0 amide bonds. The molecule has 2 heterocycles. The van der Waals surface area contributed by atoms with E-state index in [0.717, 1.165) is 23.3 Å². The number of nitrogens with zero attached hydrogens (tertiary/aromatic N) is 1. The third-order valence-corrected chi connectivity index (χ3v) is 6.16. The van der Waals surface area contributed by atoms with Crippen molar-refractivity contribution in [3.05, 3.63) is 100 Å². The number of aryl methyl sites for hydroxylation is 1. The maximum Gasteiger partial charge on any atom is 0.231 e. The maximum atomic E-state index is 13.0. The van der Waals surface area contributed by atoms with E-state index in [4.69, 9.17) is 9.47 Å². The summed E-state index contributed by atoms with van der Waals surface area (Å²) in [5.74, 6) is 1.70. The fourth-order valence-electron chi connectivity index (χ4n) is 4.17. The molecule has 0 bridgehead atoms. The van der Waals surface area contributed by atoms with Gasteiger partial charge in [0.25, 0.3) is 0 Å². The minimum absolute atomic E-state index is 0.0781. The largest absolute Gasteiger partial charge is 0.478 e. The van der Waals surface area contributed by atoms with Crippen molar-refractivity contribution in [2.24, 2.45) is 0 Å². The lowest BCUT2D eigenvalue weighted by atomic mass is 10.0. The molecule has 1 unspecified atom stereocenters. The number of fused-ring (bicyclic) bond motifs is 3. The fraction of sp³-hybridized carbons (Fsp3) is 0.222. The van der Waals surface area contributed by atoms with Crippen LogP contribution in [0.5, 0.6) is 11.5 Å².